The third kappa shape index (κ3) is 3.53. The number of fused-ring (bicyclic) bond motifs is 1. The lowest BCUT2D eigenvalue weighted by atomic mass is 9.92. The maximum absolute atomic E-state index is 12.7. The van der Waals surface area contributed by atoms with Crippen LogP contribution in [-0.4, -0.2) is 38.7 Å². The molecule has 2 aromatic heterocycles. The number of amides is 1. The van der Waals surface area contributed by atoms with Gasteiger partial charge in [-0.3, -0.25) is 9.48 Å². The van der Waals surface area contributed by atoms with Gasteiger partial charge in [-0.05, 0) is 62.4 Å². The van der Waals surface area contributed by atoms with E-state index >= 15 is 0 Å². The van der Waals surface area contributed by atoms with E-state index in [0.29, 0.717) is 12.3 Å². The average Bonchev–Trinajstić information content (AvgIpc) is 2.98. The van der Waals surface area contributed by atoms with Crippen molar-refractivity contribution in [2.75, 3.05) is 13.1 Å². The minimum Gasteiger partial charge on any atom is -0.342 e. The van der Waals surface area contributed by atoms with Crippen LogP contribution in [0, 0.1) is 20.8 Å². The van der Waals surface area contributed by atoms with Gasteiger partial charge in [0.15, 0.2) is 5.65 Å². The Labute approximate surface area is 166 Å². The van der Waals surface area contributed by atoms with Crippen molar-refractivity contribution < 1.29 is 4.79 Å². The maximum Gasteiger partial charge on any atom is 0.226 e. The van der Waals surface area contributed by atoms with Crippen LogP contribution in [0.3, 0.4) is 0 Å². The predicted molar refractivity (Wildman–Crippen MR) is 111 cm³/mol. The number of carbonyl (C=O) groups is 1. The van der Waals surface area contributed by atoms with Crippen LogP contribution < -0.4 is 0 Å². The van der Waals surface area contributed by atoms with E-state index in [1.165, 1.54) is 11.1 Å². The highest BCUT2D eigenvalue weighted by Crippen LogP contribution is 2.29. The van der Waals surface area contributed by atoms with Crippen LogP contribution in [0.15, 0.2) is 30.3 Å². The van der Waals surface area contributed by atoms with Gasteiger partial charge in [0.25, 0.3) is 0 Å². The first kappa shape index (κ1) is 18.7. The molecular formula is C23H28N4O. The van der Waals surface area contributed by atoms with Crippen molar-refractivity contribution in [3.8, 4) is 0 Å². The molecule has 1 aliphatic rings. The van der Waals surface area contributed by atoms with Crippen molar-refractivity contribution >= 4 is 16.9 Å². The fourth-order valence-corrected chi connectivity index (χ4v) is 4.17. The molecule has 4 rings (SSSR count). The van der Waals surface area contributed by atoms with E-state index in [4.69, 9.17) is 4.98 Å². The Bertz CT molecular complexity index is 1030. The van der Waals surface area contributed by atoms with E-state index < -0.39 is 0 Å². The van der Waals surface area contributed by atoms with Gasteiger partial charge >= 0.3 is 0 Å². The van der Waals surface area contributed by atoms with Crippen molar-refractivity contribution in [1.29, 1.82) is 0 Å². The summed E-state index contributed by atoms with van der Waals surface area (Å²) in [5.74, 6) is 0.637. The Morgan fingerprint density at radius 3 is 2.54 bits per heavy atom. The first-order chi connectivity index (χ1) is 13.4. The number of likely N-dealkylation sites (tertiary alicyclic amines) is 1. The van der Waals surface area contributed by atoms with Gasteiger partial charge in [0, 0.05) is 37.1 Å². The summed E-state index contributed by atoms with van der Waals surface area (Å²) in [5, 5.41) is 5.58. The first-order valence-corrected chi connectivity index (χ1v) is 10.1. The highest BCUT2D eigenvalue weighted by molar-refractivity contribution is 5.79. The van der Waals surface area contributed by atoms with Gasteiger partial charge in [-0.2, -0.15) is 5.10 Å². The lowest BCUT2D eigenvalue weighted by molar-refractivity contribution is -0.131. The topological polar surface area (TPSA) is 51.0 Å². The number of hydrogen-bond acceptors (Lipinski definition) is 3. The molecule has 1 fully saturated rings. The summed E-state index contributed by atoms with van der Waals surface area (Å²) < 4.78 is 1.86. The highest BCUT2D eigenvalue weighted by atomic mass is 16.2. The molecule has 5 nitrogen and oxygen atoms in total. The van der Waals surface area contributed by atoms with Gasteiger partial charge in [-0.1, -0.05) is 18.2 Å². The van der Waals surface area contributed by atoms with Crippen LogP contribution in [0.1, 0.15) is 46.8 Å². The zero-order valence-corrected chi connectivity index (χ0v) is 17.2. The molecule has 3 heterocycles. The minimum atomic E-state index is 0.229. The summed E-state index contributed by atoms with van der Waals surface area (Å²) in [6.07, 6.45) is 2.42. The number of rotatable bonds is 3. The standard InChI is InChI=1S/C23H28N4O/c1-15-5-6-18(13-16(15)2)14-22(28)27-11-9-19(10-12-27)21-8-7-20-17(3)25-26(4)23(20)24-21/h5-8,13,19H,9-12,14H2,1-4H3. The molecule has 0 unspecified atom stereocenters. The van der Waals surface area contributed by atoms with Crippen molar-refractivity contribution in [1.82, 2.24) is 19.7 Å². The molecule has 0 radical (unpaired) electrons. The number of carbonyl (C=O) groups excluding carboxylic acids is 1. The quantitative estimate of drug-likeness (QED) is 0.698. The molecule has 0 spiro atoms. The average molecular weight is 377 g/mol. The predicted octanol–water partition coefficient (Wildman–Crippen LogP) is 3.84. The fourth-order valence-electron chi connectivity index (χ4n) is 4.17. The number of aromatic nitrogens is 3. The summed E-state index contributed by atoms with van der Waals surface area (Å²) >= 11 is 0. The lowest BCUT2D eigenvalue weighted by Gasteiger charge is -2.32. The SMILES string of the molecule is Cc1ccc(CC(=O)N2CCC(c3ccc4c(C)nn(C)c4n3)CC2)cc1C. The monoisotopic (exact) mass is 376 g/mol. The molecule has 1 aromatic carbocycles. The molecule has 1 saturated heterocycles. The third-order valence-electron chi connectivity index (χ3n) is 6.09. The number of hydrogen-bond donors (Lipinski definition) is 0. The normalized spacial score (nSPS) is 15.4. The molecule has 0 bridgehead atoms. The lowest BCUT2D eigenvalue weighted by Crippen LogP contribution is -2.38. The van der Waals surface area contributed by atoms with Gasteiger partial charge < -0.3 is 4.90 Å². The number of nitrogens with zero attached hydrogens (tertiary/aromatic N) is 4. The van der Waals surface area contributed by atoms with Crippen LogP contribution in [-0.2, 0) is 18.3 Å². The molecular weight excluding hydrogens is 348 g/mol. The van der Waals surface area contributed by atoms with Crippen LogP contribution in [0.4, 0.5) is 0 Å². The number of benzene rings is 1. The first-order valence-electron chi connectivity index (χ1n) is 10.1. The molecule has 1 aliphatic heterocycles. The van der Waals surface area contributed by atoms with Crippen LogP contribution in [0.5, 0.6) is 0 Å². The summed E-state index contributed by atoms with van der Waals surface area (Å²) in [6, 6.07) is 10.6. The van der Waals surface area contributed by atoms with Gasteiger partial charge in [0.1, 0.15) is 0 Å². The second kappa shape index (κ2) is 7.38. The molecule has 3 aromatic rings. The Morgan fingerprint density at radius 2 is 1.82 bits per heavy atom. The van der Waals surface area contributed by atoms with Crippen molar-refractivity contribution in [2.24, 2.45) is 7.05 Å². The maximum atomic E-state index is 12.7. The second-order valence-electron chi connectivity index (χ2n) is 8.07. The molecule has 1 amide bonds. The molecule has 0 aliphatic carbocycles. The van der Waals surface area contributed by atoms with Gasteiger partial charge in [0.05, 0.1) is 12.1 Å². The molecule has 28 heavy (non-hydrogen) atoms. The van der Waals surface area contributed by atoms with E-state index in [9.17, 15) is 4.79 Å². The van der Waals surface area contributed by atoms with Crippen LogP contribution in [0.25, 0.3) is 11.0 Å². The second-order valence-corrected chi connectivity index (χ2v) is 8.07. The van der Waals surface area contributed by atoms with E-state index in [1.54, 1.807) is 0 Å². The van der Waals surface area contributed by atoms with Crippen molar-refractivity contribution in [3.63, 3.8) is 0 Å². The summed E-state index contributed by atoms with van der Waals surface area (Å²) in [4.78, 5) is 19.6. The smallest absolute Gasteiger partial charge is 0.226 e. The Balaban J connectivity index is 1.40. The van der Waals surface area contributed by atoms with Crippen LogP contribution >= 0.6 is 0 Å². The zero-order valence-electron chi connectivity index (χ0n) is 17.2. The molecule has 0 saturated carbocycles. The Hall–Kier alpha value is -2.69. The van der Waals surface area contributed by atoms with Crippen molar-refractivity contribution in [2.45, 2.75) is 46.0 Å². The Kier molecular flexibility index (Phi) is 4.92. The van der Waals surface area contributed by atoms with E-state index in [2.05, 4.69) is 49.3 Å². The van der Waals surface area contributed by atoms with Crippen molar-refractivity contribution in [3.05, 3.63) is 58.4 Å². The van der Waals surface area contributed by atoms with Gasteiger partial charge in [-0.25, -0.2) is 4.98 Å². The van der Waals surface area contributed by atoms with E-state index in [-0.39, 0.29) is 5.91 Å². The van der Waals surface area contributed by atoms with Crippen LogP contribution in [0.2, 0.25) is 0 Å². The Morgan fingerprint density at radius 1 is 1.07 bits per heavy atom. The summed E-state index contributed by atoms with van der Waals surface area (Å²) in [7, 11) is 1.94. The highest BCUT2D eigenvalue weighted by Gasteiger charge is 2.25. The minimum absolute atomic E-state index is 0.229. The third-order valence-corrected chi connectivity index (χ3v) is 6.09. The molecule has 0 atom stereocenters. The molecule has 0 N–H and O–H groups in total. The van der Waals surface area contributed by atoms with E-state index in [1.807, 2.05) is 23.6 Å². The van der Waals surface area contributed by atoms with Gasteiger partial charge in [-0.15, -0.1) is 0 Å². The fraction of sp³-hybridized carbons (Fsp3) is 0.435. The zero-order chi connectivity index (χ0) is 19.8. The van der Waals surface area contributed by atoms with Gasteiger partial charge in [0.2, 0.25) is 5.91 Å². The number of aryl methyl sites for hydroxylation is 4. The molecule has 5 heteroatoms. The van der Waals surface area contributed by atoms with E-state index in [0.717, 1.165) is 53.9 Å². The summed E-state index contributed by atoms with van der Waals surface area (Å²) in [6.45, 7) is 7.83. The number of pyridine rings is 1. The number of piperidine rings is 1. The largest absolute Gasteiger partial charge is 0.342 e. The molecule has 146 valence electrons. The summed E-state index contributed by atoms with van der Waals surface area (Å²) in [5.41, 5.74) is 6.71.